The SMILES string of the molecule is CCCCC(CCC)NC(=O)[C@@H]1CCCCN1. The van der Waals surface area contributed by atoms with Gasteiger partial charge in [0, 0.05) is 6.04 Å². The highest BCUT2D eigenvalue weighted by Gasteiger charge is 2.22. The van der Waals surface area contributed by atoms with Gasteiger partial charge >= 0.3 is 0 Å². The number of carbonyl (C=O) groups excluding carboxylic acids is 1. The monoisotopic (exact) mass is 240 g/mol. The predicted molar refractivity (Wildman–Crippen MR) is 72.0 cm³/mol. The molecule has 1 fully saturated rings. The van der Waals surface area contributed by atoms with Crippen molar-refractivity contribution in [2.45, 2.75) is 77.3 Å². The standard InChI is InChI=1S/C14H28N2O/c1-3-5-9-12(8-4-2)16-14(17)13-10-6-7-11-15-13/h12-13,15H,3-11H2,1-2H3,(H,16,17)/t12?,13-/m0/s1. The molecule has 0 aromatic heterocycles. The summed E-state index contributed by atoms with van der Waals surface area (Å²) in [7, 11) is 0. The molecule has 0 spiro atoms. The van der Waals surface area contributed by atoms with Crippen LogP contribution in [0.15, 0.2) is 0 Å². The molecule has 1 heterocycles. The number of unbranched alkanes of at least 4 members (excludes halogenated alkanes) is 1. The van der Waals surface area contributed by atoms with E-state index in [1.54, 1.807) is 0 Å². The van der Waals surface area contributed by atoms with Crippen LogP contribution in [0.2, 0.25) is 0 Å². The maximum Gasteiger partial charge on any atom is 0.237 e. The first-order valence-corrected chi connectivity index (χ1v) is 7.31. The van der Waals surface area contributed by atoms with Crippen molar-refractivity contribution in [2.24, 2.45) is 0 Å². The molecule has 1 rings (SSSR count). The van der Waals surface area contributed by atoms with E-state index in [0.29, 0.717) is 6.04 Å². The summed E-state index contributed by atoms with van der Waals surface area (Å²) in [6.45, 7) is 5.38. The van der Waals surface area contributed by atoms with Gasteiger partial charge in [-0.3, -0.25) is 4.79 Å². The predicted octanol–water partition coefficient (Wildman–Crippen LogP) is 2.60. The minimum Gasteiger partial charge on any atom is -0.352 e. The van der Waals surface area contributed by atoms with Crippen molar-refractivity contribution in [2.75, 3.05) is 6.54 Å². The fourth-order valence-corrected chi connectivity index (χ4v) is 2.47. The van der Waals surface area contributed by atoms with Gasteiger partial charge in [-0.25, -0.2) is 0 Å². The van der Waals surface area contributed by atoms with Crippen molar-refractivity contribution < 1.29 is 4.79 Å². The molecule has 2 atom stereocenters. The summed E-state index contributed by atoms with van der Waals surface area (Å²) in [5.41, 5.74) is 0. The zero-order chi connectivity index (χ0) is 12.5. The fourth-order valence-electron chi connectivity index (χ4n) is 2.47. The Morgan fingerprint density at radius 2 is 2.12 bits per heavy atom. The van der Waals surface area contributed by atoms with E-state index in [2.05, 4.69) is 24.5 Å². The maximum absolute atomic E-state index is 12.1. The molecule has 100 valence electrons. The highest BCUT2D eigenvalue weighted by molar-refractivity contribution is 5.82. The summed E-state index contributed by atoms with van der Waals surface area (Å²) >= 11 is 0. The van der Waals surface area contributed by atoms with Crippen LogP contribution in [0.3, 0.4) is 0 Å². The Morgan fingerprint density at radius 3 is 2.71 bits per heavy atom. The van der Waals surface area contributed by atoms with E-state index in [1.165, 1.54) is 25.7 Å². The molecular formula is C14H28N2O. The molecule has 1 aliphatic rings. The lowest BCUT2D eigenvalue weighted by molar-refractivity contribution is -0.124. The zero-order valence-electron chi connectivity index (χ0n) is 11.4. The van der Waals surface area contributed by atoms with Gasteiger partial charge in [-0.05, 0) is 32.2 Å². The van der Waals surface area contributed by atoms with Gasteiger partial charge in [-0.15, -0.1) is 0 Å². The molecule has 1 amide bonds. The Hall–Kier alpha value is -0.570. The fraction of sp³-hybridized carbons (Fsp3) is 0.929. The van der Waals surface area contributed by atoms with Gasteiger partial charge in [0.25, 0.3) is 0 Å². The lowest BCUT2D eigenvalue weighted by Crippen LogP contribution is -2.49. The van der Waals surface area contributed by atoms with Crippen LogP contribution in [-0.4, -0.2) is 24.5 Å². The average molecular weight is 240 g/mol. The first kappa shape index (κ1) is 14.5. The summed E-state index contributed by atoms with van der Waals surface area (Å²) < 4.78 is 0. The Morgan fingerprint density at radius 1 is 1.29 bits per heavy atom. The van der Waals surface area contributed by atoms with E-state index in [0.717, 1.165) is 32.2 Å². The van der Waals surface area contributed by atoms with Crippen molar-refractivity contribution in [3.63, 3.8) is 0 Å². The Labute approximate surface area is 106 Å². The molecular weight excluding hydrogens is 212 g/mol. The van der Waals surface area contributed by atoms with Gasteiger partial charge in [0.2, 0.25) is 5.91 Å². The van der Waals surface area contributed by atoms with Crippen molar-refractivity contribution in [3.8, 4) is 0 Å². The number of nitrogens with one attached hydrogen (secondary N) is 2. The molecule has 0 aromatic rings. The van der Waals surface area contributed by atoms with Crippen LogP contribution in [0.4, 0.5) is 0 Å². The van der Waals surface area contributed by atoms with Gasteiger partial charge < -0.3 is 10.6 Å². The highest BCUT2D eigenvalue weighted by atomic mass is 16.2. The van der Waals surface area contributed by atoms with Gasteiger partial charge in [-0.2, -0.15) is 0 Å². The number of rotatable bonds is 7. The van der Waals surface area contributed by atoms with E-state index < -0.39 is 0 Å². The Balaban J connectivity index is 2.33. The largest absolute Gasteiger partial charge is 0.352 e. The first-order valence-electron chi connectivity index (χ1n) is 7.31. The van der Waals surface area contributed by atoms with E-state index in [1.807, 2.05) is 0 Å². The average Bonchev–Trinajstić information content (AvgIpc) is 2.37. The van der Waals surface area contributed by atoms with Crippen LogP contribution in [-0.2, 0) is 4.79 Å². The first-order chi connectivity index (χ1) is 8.27. The summed E-state index contributed by atoms with van der Waals surface area (Å²) in [5.74, 6) is 0.222. The topological polar surface area (TPSA) is 41.1 Å². The number of hydrogen-bond donors (Lipinski definition) is 2. The van der Waals surface area contributed by atoms with Crippen LogP contribution >= 0.6 is 0 Å². The van der Waals surface area contributed by atoms with E-state index in [9.17, 15) is 4.79 Å². The molecule has 0 bridgehead atoms. The lowest BCUT2D eigenvalue weighted by Gasteiger charge is -2.26. The van der Waals surface area contributed by atoms with Crippen molar-refractivity contribution in [3.05, 3.63) is 0 Å². The second-order valence-corrected chi connectivity index (χ2v) is 5.14. The number of amides is 1. The van der Waals surface area contributed by atoms with Crippen molar-refractivity contribution in [1.82, 2.24) is 10.6 Å². The Bertz CT molecular complexity index is 212. The quantitative estimate of drug-likeness (QED) is 0.718. The molecule has 1 aliphatic heterocycles. The highest BCUT2D eigenvalue weighted by Crippen LogP contribution is 2.10. The van der Waals surface area contributed by atoms with Crippen LogP contribution in [0.1, 0.15) is 65.2 Å². The molecule has 0 radical (unpaired) electrons. The normalized spacial score (nSPS) is 22.1. The molecule has 1 saturated heterocycles. The van der Waals surface area contributed by atoms with Crippen LogP contribution < -0.4 is 10.6 Å². The zero-order valence-corrected chi connectivity index (χ0v) is 11.4. The van der Waals surface area contributed by atoms with E-state index in [4.69, 9.17) is 0 Å². The third-order valence-electron chi connectivity index (χ3n) is 3.52. The van der Waals surface area contributed by atoms with Gasteiger partial charge in [0.1, 0.15) is 0 Å². The third kappa shape index (κ3) is 5.53. The molecule has 1 unspecified atom stereocenters. The molecule has 3 nitrogen and oxygen atoms in total. The van der Waals surface area contributed by atoms with Gasteiger partial charge in [0.15, 0.2) is 0 Å². The van der Waals surface area contributed by atoms with Crippen LogP contribution in [0, 0.1) is 0 Å². The van der Waals surface area contributed by atoms with Gasteiger partial charge in [0.05, 0.1) is 6.04 Å². The molecule has 3 heteroatoms. The minimum atomic E-state index is 0.0599. The van der Waals surface area contributed by atoms with Crippen LogP contribution in [0.5, 0.6) is 0 Å². The Kier molecular flexibility index (Phi) is 7.25. The van der Waals surface area contributed by atoms with Crippen molar-refractivity contribution in [1.29, 1.82) is 0 Å². The molecule has 17 heavy (non-hydrogen) atoms. The molecule has 0 aliphatic carbocycles. The third-order valence-corrected chi connectivity index (χ3v) is 3.52. The molecule has 0 aromatic carbocycles. The maximum atomic E-state index is 12.1. The second kappa shape index (κ2) is 8.51. The summed E-state index contributed by atoms with van der Waals surface area (Å²) in [6.07, 6.45) is 9.18. The van der Waals surface area contributed by atoms with Crippen molar-refractivity contribution >= 4 is 5.91 Å². The van der Waals surface area contributed by atoms with Gasteiger partial charge in [-0.1, -0.05) is 39.5 Å². The molecule has 2 N–H and O–H groups in total. The summed E-state index contributed by atoms with van der Waals surface area (Å²) in [6, 6.07) is 0.445. The number of piperidine rings is 1. The summed E-state index contributed by atoms with van der Waals surface area (Å²) in [5, 5.41) is 6.53. The summed E-state index contributed by atoms with van der Waals surface area (Å²) in [4.78, 5) is 12.1. The lowest BCUT2D eigenvalue weighted by atomic mass is 10.0. The van der Waals surface area contributed by atoms with E-state index >= 15 is 0 Å². The van der Waals surface area contributed by atoms with Crippen LogP contribution in [0.25, 0.3) is 0 Å². The number of hydrogen-bond acceptors (Lipinski definition) is 2. The number of carbonyl (C=O) groups is 1. The van der Waals surface area contributed by atoms with E-state index in [-0.39, 0.29) is 11.9 Å². The smallest absolute Gasteiger partial charge is 0.237 e. The molecule has 0 saturated carbocycles. The minimum absolute atomic E-state index is 0.0599. The second-order valence-electron chi connectivity index (χ2n) is 5.14.